The van der Waals surface area contributed by atoms with Gasteiger partial charge in [0.25, 0.3) is 5.56 Å². The highest BCUT2D eigenvalue weighted by Crippen LogP contribution is 2.31. The first kappa shape index (κ1) is 18.5. The lowest BCUT2D eigenvalue weighted by Crippen LogP contribution is -2.24. The fraction of sp³-hybridized carbons (Fsp3) is 0.0833. The van der Waals surface area contributed by atoms with Gasteiger partial charge in [0.1, 0.15) is 16.4 Å². The maximum atomic E-state index is 12.8. The summed E-state index contributed by atoms with van der Waals surface area (Å²) in [7, 11) is 0. The van der Waals surface area contributed by atoms with Crippen LogP contribution in [0, 0.1) is 0 Å². The van der Waals surface area contributed by atoms with E-state index >= 15 is 0 Å². The number of nitrogens with zero attached hydrogens (tertiary/aromatic N) is 1. The molecule has 2 N–H and O–H groups in total. The SMILES string of the molecule is O=c1[nH]c(CNC(c2ccccc2)c2ccccc2)nc2scc(-c3ccco3)c12. The van der Waals surface area contributed by atoms with Crippen molar-refractivity contribution in [1.29, 1.82) is 0 Å². The quantitative estimate of drug-likeness (QED) is 0.405. The van der Waals surface area contributed by atoms with Gasteiger partial charge in [0.2, 0.25) is 0 Å². The van der Waals surface area contributed by atoms with Crippen molar-refractivity contribution < 1.29 is 4.42 Å². The predicted molar refractivity (Wildman–Crippen MR) is 120 cm³/mol. The number of hydrogen-bond acceptors (Lipinski definition) is 5. The lowest BCUT2D eigenvalue weighted by atomic mass is 9.99. The molecule has 5 rings (SSSR count). The minimum atomic E-state index is -0.152. The van der Waals surface area contributed by atoms with E-state index in [1.54, 1.807) is 6.26 Å². The molecule has 5 nitrogen and oxygen atoms in total. The number of rotatable bonds is 6. The summed E-state index contributed by atoms with van der Waals surface area (Å²) in [6, 6.07) is 24.2. The van der Waals surface area contributed by atoms with Gasteiger partial charge in [-0.25, -0.2) is 4.98 Å². The summed E-state index contributed by atoms with van der Waals surface area (Å²) in [5.74, 6) is 1.28. The highest BCUT2D eigenvalue weighted by atomic mass is 32.1. The third-order valence-electron chi connectivity index (χ3n) is 5.02. The van der Waals surface area contributed by atoms with Crippen molar-refractivity contribution in [2.45, 2.75) is 12.6 Å². The third-order valence-corrected chi connectivity index (χ3v) is 5.89. The molecule has 0 amide bonds. The Morgan fingerprint density at radius 3 is 2.30 bits per heavy atom. The maximum Gasteiger partial charge on any atom is 0.260 e. The van der Waals surface area contributed by atoms with Crippen molar-refractivity contribution in [2.75, 3.05) is 0 Å². The zero-order chi connectivity index (χ0) is 20.3. The predicted octanol–water partition coefficient (Wildman–Crippen LogP) is 5.12. The number of aromatic nitrogens is 2. The van der Waals surface area contributed by atoms with Crippen LogP contribution in [0.15, 0.2) is 93.7 Å². The fourth-order valence-corrected chi connectivity index (χ4v) is 4.56. The van der Waals surface area contributed by atoms with Crippen molar-refractivity contribution in [3.8, 4) is 11.3 Å². The van der Waals surface area contributed by atoms with E-state index in [1.165, 1.54) is 11.3 Å². The lowest BCUT2D eigenvalue weighted by molar-refractivity contribution is 0.582. The number of aromatic amines is 1. The summed E-state index contributed by atoms with van der Waals surface area (Å²) in [4.78, 5) is 21.1. The van der Waals surface area contributed by atoms with Crippen LogP contribution in [0.3, 0.4) is 0 Å². The molecule has 0 aliphatic heterocycles. The fourth-order valence-electron chi connectivity index (χ4n) is 3.61. The zero-order valence-electron chi connectivity index (χ0n) is 16.0. The molecule has 0 unspecified atom stereocenters. The second kappa shape index (κ2) is 8.10. The van der Waals surface area contributed by atoms with Gasteiger partial charge < -0.3 is 9.40 Å². The van der Waals surface area contributed by atoms with Gasteiger partial charge in [-0.05, 0) is 23.3 Å². The van der Waals surface area contributed by atoms with Gasteiger partial charge in [-0.3, -0.25) is 10.1 Å². The molecular weight excluding hydrogens is 394 g/mol. The molecule has 0 aliphatic rings. The Morgan fingerprint density at radius 1 is 0.967 bits per heavy atom. The van der Waals surface area contributed by atoms with Crippen LogP contribution in [-0.2, 0) is 6.54 Å². The molecule has 2 aromatic carbocycles. The smallest absolute Gasteiger partial charge is 0.260 e. The van der Waals surface area contributed by atoms with Crippen molar-refractivity contribution in [2.24, 2.45) is 0 Å². The highest BCUT2D eigenvalue weighted by Gasteiger charge is 2.17. The average molecular weight is 414 g/mol. The van der Waals surface area contributed by atoms with Crippen LogP contribution < -0.4 is 10.9 Å². The number of thiophene rings is 1. The van der Waals surface area contributed by atoms with E-state index in [1.807, 2.05) is 53.9 Å². The molecule has 0 atom stereocenters. The Kier molecular flexibility index (Phi) is 5.01. The van der Waals surface area contributed by atoms with Crippen molar-refractivity contribution in [1.82, 2.24) is 15.3 Å². The number of H-pyrrole nitrogens is 1. The first-order valence-corrected chi connectivity index (χ1v) is 10.5. The summed E-state index contributed by atoms with van der Waals surface area (Å²) >= 11 is 1.45. The molecule has 3 aromatic heterocycles. The van der Waals surface area contributed by atoms with E-state index in [0.29, 0.717) is 28.3 Å². The van der Waals surface area contributed by atoms with Gasteiger partial charge in [0, 0.05) is 10.9 Å². The number of fused-ring (bicyclic) bond motifs is 1. The molecule has 3 heterocycles. The van der Waals surface area contributed by atoms with Gasteiger partial charge in [-0.15, -0.1) is 11.3 Å². The van der Waals surface area contributed by atoms with E-state index in [2.05, 4.69) is 39.6 Å². The van der Waals surface area contributed by atoms with Crippen LogP contribution >= 0.6 is 11.3 Å². The molecule has 0 fully saturated rings. The molecular formula is C24H19N3O2S. The summed E-state index contributed by atoms with van der Waals surface area (Å²) in [6.07, 6.45) is 1.60. The third kappa shape index (κ3) is 3.58. The summed E-state index contributed by atoms with van der Waals surface area (Å²) in [5.41, 5.74) is 2.94. The van der Waals surface area contributed by atoms with Gasteiger partial charge in [-0.2, -0.15) is 0 Å². The zero-order valence-corrected chi connectivity index (χ0v) is 16.9. The minimum Gasteiger partial charge on any atom is -0.464 e. The molecule has 0 bridgehead atoms. The van der Waals surface area contributed by atoms with Gasteiger partial charge in [0.15, 0.2) is 0 Å². The second-order valence-corrected chi connectivity index (χ2v) is 7.81. The average Bonchev–Trinajstić information content (AvgIpc) is 3.45. The number of nitrogens with one attached hydrogen (secondary N) is 2. The molecule has 30 heavy (non-hydrogen) atoms. The first-order valence-electron chi connectivity index (χ1n) is 9.67. The standard InChI is InChI=1S/C24H19N3O2S/c28-23-21-18(19-12-7-13-29-19)15-30-24(21)27-20(26-23)14-25-22(16-8-3-1-4-9-16)17-10-5-2-6-11-17/h1-13,15,22,25H,14H2,(H,26,27,28). The molecule has 0 saturated carbocycles. The Balaban J connectivity index is 1.45. The topological polar surface area (TPSA) is 70.9 Å². The molecule has 0 radical (unpaired) electrons. The van der Waals surface area contributed by atoms with E-state index in [4.69, 9.17) is 4.42 Å². The van der Waals surface area contributed by atoms with Gasteiger partial charge >= 0.3 is 0 Å². The number of furan rings is 1. The van der Waals surface area contributed by atoms with E-state index in [9.17, 15) is 4.79 Å². The molecule has 6 heteroatoms. The maximum absolute atomic E-state index is 12.8. The van der Waals surface area contributed by atoms with E-state index in [-0.39, 0.29) is 11.6 Å². The van der Waals surface area contributed by atoms with Crippen LogP contribution in [0.4, 0.5) is 0 Å². The summed E-state index contributed by atoms with van der Waals surface area (Å²) in [6.45, 7) is 0.438. The minimum absolute atomic E-state index is 0.00425. The molecule has 148 valence electrons. The monoisotopic (exact) mass is 413 g/mol. The van der Waals surface area contributed by atoms with Crippen molar-refractivity contribution in [3.63, 3.8) is 0 Å². The number of hydrogen-bond donors (Lipinski definition) is 2. The molecule has 0 saturated heterocycles. The summed E-state index contributed by atoms with van der Waals surface area (Å²) in [5, 5.41) is 6.04. The Bertz CT molecular complexity index is 1270. The Morgan fingerprint density at radius 2 is 1.67 bits per heavy atom. The lowest BCUT2D eigenvalue weighted by Gasteiger charge is -2.19. The van der Waals surface area contributed by atoms with Crippen molar-refractivity contribution in [3.05, 3.63) is 112 Å². The molecule has 0 aliphatic carbocycles. The van der Waals surface area contributed by atoms with Crippen LogP contribution in [0.1, 0.15) is 23.0 Å². The Labute approximate surface area is 177 Å². The number of benzene rings is 2. The largest absolute Gasteiger partial charge is 0.464 e. The summed E-state index contributed by atoms with van der Waals surface area (Å²) < 4.78 is 5.46. The van der Waals surface area contributed by atoms with E-state index < -0.39 is 0 Å². The molecule has 0 spiro atoms. The second-order valence-electron chi connectivity index (χ2n) is 6.95. The van der Waals surface area contributed by atoms with Gasteiger partial charge in [-0.1, -0.05) is 60.7 Å². The van der Waals surface area contributed by atoms with Crippen LogP contribution in [0.5, 0.6) is 0 Å². The van der Waals surface area contributed by atoms with Crippen LogP contribution in [0.25, 0.3) is 21.5 Å². The van der Waals surface area contributed by atoms with E-state index in [0.717, 1.165) is 16.7 Å². The van der Waals surface area contributed by atoms with Crippen LogP contribution in [-0.4, -0.2) is 9.97 Å². The van der Waals surface area contributed by atoms with Gasteiger partial charge in [0.05, 0.1) is 24.2 Å². The van der Waals surface area contributed by atoms with Crippen LogP contribution in [0.2, 0.25) is 0 Å². The molecule has 5 aromatic rings. The Hall–Kier alpha value is -3.48. The first-order chi connectivity index (χ1) is 14.8. The normalized spacial score (nSPS) is 11.4. The highest BCUT2D eigenvalue weighted by molar-refractivity contribution is 7.17. The van der Waals surface area contributed by atoms with Crippen molar-refractivity contribution >= 4 is 21.6 Å².